The highest BCUT2D eigenvalue weighted by Crippen LogP contribution is 2.52. The quantitative estimate of drug-likeness (QED) is 0.355. The number of anilines is 1. The summed E-state index contributed by atoms with van der Waals surface area (Å²) in [4.78, 5) is 45.1. The van der Waals surface area contributed by atoms with Crippen molar-refractivity contribution in [2.45, 2.75) is 50.6 Å². The molecule has 0 N–H and O–H groups in total. The Morgan fingerprint density at radius 3 is 2.85 bits per heavy atom. The van der Waals surface area contributed by atoms with Crippen LogP contribution in [0.3, 0.4) is 0 Å². The van der Waals surface area contributed by atoms with Crippen LogP contribution in [-0.2, 0) is 29.7 Å². The summed E-state index contributed by atoms with van der Waals surface area (Å²) in [5, 5.41) is 0.434. The van der Waals surface area contributed by atoms with Crippen LogP contribution in [0.4, 0.5) is 5.82 Å². The molecule has 10 nitrogen and oxygen atoms in total. The molecule has 41 heavy (non-hydrogen) atoms. The maximum absolute atomic E-state index is 13.6. The molecule has 2 bridgehead atoms. The number of hydrogen-bond donors (Lipinski definition) is 0. The standard InChI is InChI=1S/C31H31N7O3/c1-35-18-21-15-20(6-7-23(21)31(19-35)10-11-31)16-25-32-17-22-28(33-25)38-26-9-8-24-29(34-26)36(13-14-41-24)27(39)5-3-2-4-12-37(38)30(22)40/h2,4,6-9,15,17H,3,5,10-14,16,18-19H2,1H3/b4-2-. The van der Waals surface area contributed by atoms with E-state index in [2.05, 4.69) is 35.1 Å². The number of aromatic nitrogens is 5. The fraction of sp³-hybridized carbons (Fsp3) is 0.387. The molecule has 4 aliphatic rings. The number of ether oxygens (including phenoxy) is 1. The minimum absolute atomic E-state index is 0.00707. The van der Waals surface area contributed by atoms with Gasteiger partial charge in [-0.3, -0.25) is 14.5 Å². The maximum atomic E-state index is 13.6. The van der Waals surface area contributed by atoms with Gasteiger partial charge in [-0.15, -0.1) is 0 Å². The molecule has 3 aromatic heterocycles. The number of nitrogens with zero attached hydrogens (tertiary/aromatic N) is 7. The first-order valence-electron chi connectivity index (χ1n) is 14.4. The molecule has 1 fully saturated rings. The lowest BCUT2D eigenvalue weighted by Gasteiger charge is -2.32. The average Bonchev–Trinajstić information content (AvgIpc) is 3.67. The second kappa shape index (κ2) is 9.10. The summed E-state index contributed by atoms with van der Waals surface area (Å²) in [6.45, 7) is 3.28. The zero-order valence-electron chi connectivity index (χ0n) is 23.0. The Kier molecular flexibility index (Phi) is 5.44. The minimum atomic E-state index is -0.177. The maximum Gasteiger partial charge on any atom is 0.278 e. The number of hydrogen-bond acceptors (Lipinski definition) is 7. The van der Waals surface area contributed by atoms with Gasteiger partial charge >= 0.3 is 0 Å². The van der Waals surface area contributed by atoms with Gasteiger partial charge in [-0.05, 0) is 55.1 Å². The number of rotatable bonds is 2. The molecule has 1 spiro atoms. The van der Waals surface area contributed by atoms with Gasteiger partial charge < -0.3 is 9.64 Å². The van der Waals surface area contributed by atoms with Crippen molar-refractivity contribution in [1.82, 2.24) is 29.2 Å². The molecule has 0 unspecified atom stereocenters. The summed E-state index contributed by atoms with van der Waals surface area (Å²) >= 11 is 0. The number of carbonyl (C=O) groups excluding carboxylic acids is 1. The minimum Gasteiger partial charge on any atom is -0.488 e. The smallest absolute Gasteiger partial charge is 0.278 e. The van der Waals surface area contributed by atoms with E-state index in [9.17, 15) is 9.59 Å². The van der Waals surface area contributed by atoms with Crippen LogP contribution in [0, 0.1) is 0 Å². The first-order chi connectivity index (χ1) is 20.0. The Balaban J connectivity index is 1.23. The molecule has 0 radical (unpaired) electrons. The zero-order valence-corrected chi connectivity index (χ0v) is 23.0. The van der Waals surface area contributed by atoms with E-state index in [1.807, 2.05) is 24.3 Å². The van der Waals surface area contributed by atoms with Crippen molar-refractivity contribution in [2.75, 3.05) is 31.6 Å². The van der Waals surface area contributed by atoms with E-state index in [4.69, 9.17) is 14.7 Å². The number of pyridine rings is 1. The van der Waals surface area contributed by atoms with E-state index < -0.39 is 0 Å². The SMILES string of the molecule is CN1Cc2cc(Cc3ncc4c(=O)n5n(c4n3)-c3ccc4c(n3)N(CCO4)C(=O)CC/C=C\C5)ccc2C2(CC2)C1. The van der Waals surface area contributed by atoms with Gasteiger partial charge in [0.05, 0.1) is 13.1 Å². The fourth-order valence-electron chi connectivity index (χ4n) is 6.74. The summed E-state index contributed by atoms with van der Waals surface area (Å²) in [5.41, 5.74) is 4.72. The third kappa shape index (κ3) is 4.00. The second-order valence-corrected chi connectivity index (χ2v) is 11.7. The summed E-state index contributed by atoms with van der Waals surface area (Å²) < 4.78 is 9.20. The van der Waals surface area contributed by atoms with Gasteiger partial charge in [-0.1, -0.05) is 30.4 Å². The lowest BCUT2D eigenvalue weighted by Crippen LogP contribution is -2.38. The fourth-order valence-corrected chi connectivity index (χ4v) is 6.74. The molecule has 0 atom stereocenters. The van der Waals surface area contributed by atoms with Crippen LogP contribution in [0.25, 0.3) is 16.9 Å². The number of likely N-dealkylation sites (N-methyl/N-ethyl adjacent to an activating group) is 1. The van der Waals surface area contributed by atoms with Crippen LogP contribution in [0.1, 0.15) is 48.2 Å². The predicted octanol–water partition coefficient (Wildman–Crippen LogP) is 3.12. The Labute approximate surface area is 236 Å². The molecule has 1 aliphatic carbocycles. The molecule has 208 valence electrons. The Morgan fingerprint density at radius 2 is 1.98 bits per heavy atom. The number of benzene rings is 1. The average molecular weight is 550 g/mol. The topological polar surface area (TPSA) is 98.4 Å². The third-order valence-corrected chi connectivity index (χ3v) is 8.84. The molecular formula is C31H31N7O3. The monoisotopic (exact) mass is 549 g/mol. The molecule has 10 heteroatoms. The predicted molar refractivity (Wildman–Crippen MR) is 154 cm³/mol. The Morgan fingerprint density at radius 1 is 1.07 bits per heavy atom. The highest BCUT2D eigenvalue weighted by atomic mass is 16.5. The largest absolute Gasteiger partial charge is 0.488 e. The number of fused-ring (bicyclic) bond motifs is 7. The van der Waals surface area contributed by atoms with Crippen molar-refractivity contribution < 1.29 is 9.53 Å². The van der Waals surface area contributed by atoms with Crippen molar-refractivity contribution in [3.05, 3.63) is 81.5 Å². The van der Waals surface area contributed by atoms with Crippen molar-refractivity contribution >= 4 is 22.8 Å². The van der Waals surface area contributed by atoms with Gasteiger partial charge in [0.1, 0.15) is 17.8 Å². The van der Waals surface area contributed by atoms with Gasteiger partial charge in [0.25, 0.3) is 5.56 Å². The van der Waals surface area contributed by atoms with Crippen LogP contribution in [-0.4, -0.2) is 61.9 Å². The summed E-state index contributed by atoms with van der Waals surface area (Å²) in [7, 11) is 2.20. The molecule has 6 heterocycles. The van der Waals surface area contributed by atoms with Crippen molar-refractivity contribution in [1.29, 1.82) is 0 Å². The number of allylic oxidation sites excluding steroid dienone is 2. The summed E-state index contributed by atoms with van der Waals surface area (Å²) in [6.07, 6.45) is 9.56. The van der Waals surface area contributed by atoms with Crippen LogP contribution in [0.15, 0.2) is 53.5 Å². The van der Waals surface area contributed by atoms with Gasteiger partial charge in [-0.25, -0.2) is 24.3 Å². The lowest BCUT2D eigenvalue weighted by atomic mass is 9.86. The molecule has 1 amide bonds. The Hall–Kier alpha value is -4.31. The van der Waals surface area contributed by atoms with Crippen molar-refractivity contribution in [3.63, 3.8) is 0 Å². The molecule has 1 saturated carbocycles. The number of amides is 1. The molecule has 8 rings (SSSR count). The van der Waals surface area contributed by atoms with Crippen molar-refractivity contribution in [3.8, 4) is 11.6 Å². The van der Waals surface area contributed by atoms with E-state index in [0.29, 0.717) is 78.6 Å². The zero-order chi connectivity index (χ0) is 27.7. The second-order valence-electron chi connectivity index (χ2n) is 11.7. The van der Waals surface area contributed by atoms with Crippen LogP contribution >= 0.6 is 0 Å². The molecule has 0 saturated heterocycles. The van der Waals surface area contributed by atoms with Crippen LogP contribution < -0.4 is 15.2 Å². The third-order valence-electron chi connectivity index (χ3n) is 8.84. The highest BCUT2D eigenvalue weighted by Gasteiger charge is 2.48. The molecule has 3 aliphatic heterocycles. The molecule has 1 aromatic carbocycles. The van der Waals surface area contributed by atoms with Crippen molar-refractivity contribution in [2.24, 2.45) is 0 Å². The van der Waals surface area contributed by atoms with Gasteiger partial charge in [0.15, 0.2) is 23.0 Å². The van der Waals surface area contributed by atoms with E-state index in [0.717, 1.165) is 18.7 Å². The highest BCUT2D eigenvalue weighted by molar-refractivity contribution is 5.94. The normalized spacial score (nSPS) is 20.1. The van der Waals surface area contributed by atoms with E-state index in [-0.39, 0.29) is 11.5 Å². The first-order valence-corrected chi connectivity index (χ1v) is 14.4. The number of carbonyl (C=O) groups is 1. The molecular weight excluding hydrogens is 518 g/mol. The first kappa shape index (κ1) is 24.5. The lowest BCUT2D eigenvalue weighted by molar-refractivity contribution is -0.118. The Bertz CT molecular complexity index is 1820. The van der Waals surface area contributed by atoms with Crippen LogP contribution in [0.2, 0.25) is 0 Å². The van der Waals surface area contributed by atoms with E-state index >= 15 is 0 Å². The van der Waals surface area contributed by atoms with Gasteiger partial charge in [-0.2, -0.15) is 0 Å². The van der Waals surface area contributed by atoms with Gasteiger partial charge in [0, 0.05) is 37.5 Å². The summed E-state index contributed by atoms with van der Waals surface area (Å²) in [6, 6.07) is 10.4. The van der Waals surface area contributed by atoms with E-state index in [1.54, 1.807) is 20.5 Å². The summed E-state index contributed by atoms with van der Waals surface area (Å²) in [5.74, 6) is 2.19. The van der Waals surface area contributed by atoms with Crippen LogP contribution in [0.5, 0.6) is 5.75 Å². The molecule has 4 aromatic rings. The van der Waals surface area contributed by atoms with E-state index in [1.165, 1.54) is 24.0 Å². The van der Waals surface area contributed by atoms with Gasteiger partial charge in [0.2, 0.25) is 5.91 Å².